The second-order valence-corrected chi connectivity index (χ2v) is 8.54. The molecule has 27 heavy (non-hydrogen) atoms. The molecule has 1 unspecified atom stereocenters. The Balaban J connectivity index is 1.55. The molecule has 3 heterocycles. The van der Waals surface area contributed by atoms with E-state index < -0.39 is 11.1 Å². The van der Waals surface area contributed by atoms with E-state index in [4.69, 9.17) is 0 Å². The fraction of sp³-hybridized carbons (Fsp3) is 0.250. The predicted molar refractivity (Wildman–Crippen MR) is 109 cm³/mol. The van der Waals surface area contributed by atoms with Crippen molar-refractivity contribution in [3.8, 4) is 0 Å². The van der Waals surface area contributed by atoms with Crippen molar-refractivity contribution in [1.82, 2.24) is 4.90 Å². The van der Waals surface area contributed by atoms with E-state index >= 15 is 0 Å². The van der Waals surface area contributed by atoms with Gasteiger partial charge in [0.15, 0.2) is 0 Å². The Morgan fingerprint density at radius 2 is 2.04 bits per heavy atom. The number of hydrogen-bond acceptors (Lipinski definition) is 5. The average Bonchev–Trinajstić information content (AvgIpc) is 3.26. The van der Waals surface area contributed by atoms with Gasteiger partial charge in [-0.05, 0) is 60.7 Å². The van der Waals surface area contributed by atoms with Crippen LogP contribution in [-0.4, -0.2) is 34.5 Å². The number of fused-ring (bicyclic) bond motifs is 1. The second-order valence-electron chi connectivity index (χ2n) is 6.56. The lowest BCUT2D eigenvalue weighted by Crippen LogP contribution is -2.48. The second kappa shape index (κ2) is 7.32. The molecular formula is C20H18N2O3S2. The van der Waals surface area contributed by atoms with Crippen LogP contribution in [-0.2, 0) is 16.0 Å². The van der Waals surface area contributed by atoms with E-state index in [0.717, 1.165) is 45.6 Å². The molecule has 2 aromatic rings. The molecule has 0 saturated carbocycles. The zero-order valence-corrected chi connectivity index (χ0v) is 16.4. The molecule has 138 valence electrons. The summed E-state index contributed by atoms with van der Waals surface area (Å²) in [5.41, 5.74) is 2.00. The molecule has 1 aromatic carbocycles. The molecule has 1 fully saturated rings. The SMILES string of the molecule is CC1CCc2ccccc2N1C(=O)CN1C(=O)S/C(=C\c2cccs2)C1=O. The Morgan fingerprint density at radius 1 is 1.22 bits per heavy atom. The first-order valence-electron chi connectivity index (χ1n) is 8.73. The maximum atomic E-state index is 13.0. The van der Waals surface area contributed by atoms with Crippen molar-refractivity contribution >= 4 is 51.9 Å². The number of anilines is 1. The number of nitrogens with zero attached hydrogens (tertiary/aromatic N) is 2. The van der Waals surface area contributed by atoms with E-state index in [1.165, 1.54) is 11.3 Å². The number of thiophene rings is 1. The van der Waals surface area contributed by atoms with Crippen molar-refractivity contribution < 1.29 is 14.4 Å². The van der Waals surface area contributed by atoms with Crippen LogP contribution in [0.1, 0.15) is 23.8 Å². The molecule has 0 spiro atoms. The number of aryl methyl sites for hydroxylation is 1. The molecule has 5 nitrogen and oxygen atoms in total. The van der Waals surface area contributed by atoms with Crippen LogP contribution in [0, 0.1) is 0 Å². The normalized spacial score (nSPS) is 21.1. The van der Waals surface area contributed by atoms with E-state index in [1.807, 2.05) is 48.7 Å². The van der Waals surface area contributed by atoms with Gasteiger partial charge in [-0.1, -0.05) is 24.3 Å². The van der Waals surface area contributed by atoms with Crippen LogP contribution in [0.25, 0.3) is 6.08 Å². The van der Waals surface area contributed by atoms with Crippen LogP contribution in [0.2, 0.25) is 0 Å². The molecule has 7 heteroatoms. The van der Waals surface area contributed by atoms with Crippen molar-refractivity contribution in [2.75, 3.05) is 11.4 Å². The molecule has 1 atom stereocenters. The van der Waals surface area contributed by atoms with Crippen LogP contribution >= 0.6 is 23.1 Å². The fourth-order valence-electron chi connectivity index (χ4n) is 3.42. The highest BCUT2D eigenvalue weighted by Crippen LogP contribution is 2.34. The highest BCUT2D eigenvalue weighted by Gasteiger charge is 2.38. The summed E-state index contributed by atoms with van der Waals surface area (Å²) in [5, 5.41) is 1.52. The van der Waals surface area contributed by atoms with E-state index in [0.29, 0.717) is 4.91 Å². The largest absolute Gasteiger partial charge is 0.308 e. The Bertz CT molecular complexity index is 936. The van der Waals surface area contributed by atoms with Crippen molar-refractivity contribution in [2.45, 2.75) is 25.8 Å². The Labute approximate surface area is 165 Å². The molecule has 0 radical (unpaired) electrons. The van der Waals surface area contributed by atoms with Crippen LogP contribution in [0.4, 0.5) is 10.5 Å². The Kier molecular flexibility index (Phi) is 4.88. The maximum Gasteiger partial charge on any atom is 0.294 e. The van der Waals surface area contributed by atoms with Gasteiger partial charge in [0, 0.05) is 16.6 Å². The number of rotatable bonds is 3. The number of carbonyl (C=O) groups excluding carboxylic acids is 3. The van der Waals surface area contributed by atoms with Gasteiger partial charge in [0.25, 0.3) is 11.1 Å². The summed E-state index contributed by atoms with van der Waals surface area (Å²) in [6.45, 7) is 1.77. The van der Waals surface area contributed by atoms with Gasteiger partial charge < -0.3 is 4.90 Å². The first-order chi connectivity index (χ1) is 13.0. The summed E-state index contributed by atoms with van der Waals surface area (Å²) >= 11 is 2.39. The number of benzene rings is 1. The number of thioether (sulfide) groups is 1. The lowest BCUT2D eigenvalue weighted by molar-refractivity contribution is -0.128. The van der Waals surface area contributed by atoms with E-state index in [9.17, 15) is 14.4 Å². The number of hydrogen-bond donors (Lipinski definition) is 0. The fourth-order valence-corrected chi connectivity index (χ4v) is 4.98. The van der Waals surface area contributed by atoms with Gasteiger partial charge in [0.1, 0.15) is 6.54 Å². The monoisotopic (exact) mass is 398 g/mol. The summed E-state index contributed by atoms with van der Waals surface area (Å²) in [6.07, 6.45) is 3.49. The van der Waals surface area contributed by atoms with Gasteiger partial charge in [0.2, 0.25) is 5.91 Å². The van der Waals surface area contributed by atoms with Gasteiger partial charge in [-0.2, -0.15) is 0 Å². The molecular weight excluding hydrogens is 380 g/mol. The summed E-state index contributed by atoms with van der Waals surface area (Å²) in [6, 6.07) is 11.6. The molecule has 1 saturated heterocycles. The third-order valence-electron chi connectivity index (χ3n) is 4.78. The third kappa shape index (κ3) is 3.44. The van der Waals surface area contributed by atoms with Gasteiger partial charge in [-0.15, -0.1) is 11.3 Å². The molecule has 2 aliphatic rings. The van der Waals surface area contributed by atoms with Crippen molar-refractivity contribution in [2.24, 2.45) is 0 Å². The summed E-state index contributed by atoms with van der Waals surface area (Å²) in [5.74, 6) is -0.626. The number of para-hydroxylation sites is 1. The molecule has 3 amide bonds. The topological polar surface area (TPSA) is 57.7 Å². The van der Waals surface area contributed by atoms with E-state index in [-0.39, 0.29) is 18.5 Å². The summed E-state index contributed by atoms with van der Waals surface area (Å²) in [7, 11) is 0. The molecule has 4 rings (SSSR count). The number of carbonyl (C=O) groups is 3. The minimum absolute atomic E-state index is 0.0361. The van der Waals surface area contributed by atoms with Gasteiger partial charge >= 0.3 is 0 Å². The lowest BCUT2D eigenvalue weighted by atomic mass is 9.96. The van der Waals surface area contributed by atoms with Crippen LogP contribution < -0.4 is 4.90 Å². The maximum absolute atomic E-state index is 13.0. The van der Waals surface area contributed by atoms with Gasteiger partial charge in [0.05, 0.1) is 4.91 Å². The van der Waals surface area contributed by atoms with Crippen molar-refractivity contribution in [1.29, 1.82) is 0 Å². The lowest BCUT2D eigenvalue weighted by Gasteiger charge is -2.36. The Hall–Kier alpha value is -2.38. The highest BCUT2D eigenvalue weighted by molar-refractivity contribution is 8.18. The molecule has 2 aliphatic heterocycles. The average molecular weight is 399 g/mol. The quantitative estimate of drug-likeness (QED) is 0.729. The smallest absolute Gasteiger partial charge is 0.294 e. The minimum atomic E-state index is -0.398. The van der Waals surface area contributed by atoms with Crippen LogP contribution in [0.3, 0.4) is 0 Å². The number of imide groups is 1. The molecule has 0 N–H and O–H groups in total. The van der Waals surface area contributed by atoms with Crippen molar-refractivity contribution in [3.63, 3.8) is 0 Å². The first kappa shape index (κ1) is 18.0. The molecule has 1 aromatic heterocycles. The highest BCUT2D eigenvalue weighted by atomic mass is 32.2. The first-order valence-corrected chi connectivity index (χ1v) is 10.4. The summed E-state index contributed by atoms with van der Waals surface area (Å²) < 4.78 is 0. The number of amides is 3. The van der Waals surface area contributed by atoms with Gasteiger partial charge in [-0.3, -0.25) is 19.3 Å². The van der Waals surface area contributed by atoms with Gasteiger partial charge in [-0.25, -0.2) is 0 Å². The molecule has 0 bridgehead atoms. The van der Waals surface area contributed by atoms with Crippen LogP contribution in [0.15, 0.2) is 46.7 Å². The Morgan fingerprint density at radius 3 is 2.81 bits per heavy atom. The zero-order chi connectivity index (χ0) is 19.0. The molecule has 0 aliphatic carbocycles. The van der Waals surface area contributed by atoms with E-state index in [1.54, 1.807) is 11.0 Å². The standard InChI is InChI=1S/C20H18N2O3S2/c1-13-8-9-14-5-2-3-7-16(14)22(13)18(23)12-21-19(24)17(27-20(21)25)11-15-6-4-10-26-15/h2-7,10-11,13H,8-9,12H2,1H3/b17-11-. The minimum Gasteiger partial charge on any atom is -0.308 e. The van der Waals surface area contributed by atoms with Crippen LogP contribution in [0.5, 0.6) is 0 Å². The van der Waals surface area contributed by atoms with Crippen molar-refractivity contribution in [3.05, 3.63) is 57.1 Å². The third-order valence-corrected chi connectivity index (χ3v) is 6.50. The summed E-state index contributed by atoms with van der Waals surface area (Å²) in [4.78, 5) is 42.0. The predicted octanol–water partition coefficient (Wildman–Crippen LogP) is 4.15. The van der Waals surface area contributed by atoms with E-state index in [2.05, 4.69) is 0 Å². The zero-order valence-electron chi connectivity index (χ0n) is 14.8.